The Bertz CT molecular complexity index is 1350. The topological polar surface area (TPSA) is 65.7 Å². The van der Waals surface area contributed by atoms with Crippen molar-refractivity contribution < 1.29 is 4.79 Å². The maximum atomic E-state index is 13.7. The molecule has 0 bridgehead atoms. The minimum atomic E-state index is -0.209. The van der Waals surface area contributed by atoms with E-state index in [-0.39, 0.29) is 11.3 Å². The number of carbonyl (C=O) groups is 1. The van der Waals surface area contributed by atoms with Gasteiger partial charge in [-0.3, -0.25) is 9.59 Å². The van der Waals surface area contributed by atoms with Gasteiger partial charge in [-0.25, -0.2) is 0 Å². The number of ketones is 1. The Labute approximate surface area is 175 Å². The molecule has 0 saturated carbocycles. The summed E-state index contributed by atoms with van der Waals surface area (Å²) in [6.45, 7) is 0. The summed E-state index contributed by atoms with van der Waals surface area (Å²) in [6.07, 6.45) is 6.33. The molecule has 2 aromatic heterocycles. The fourth-order valence-corrected chi connectivity index (χ4v) is 4.58. The smallest absolute Gasteiger partial charge is 0.272 e. The Balaban J connectivity index is 1.91. The number of carbonyl (C=O) groups excluding carboxylic acids is 1. The molecule has 4 nitrogen and oxygen atoms in total. The average Bonchev–Trinajstić information content (AvgIpc) is 3.17. The molecule has 0 fully saturated rings. The minimum absolute atomic E-state index is 0.0646. The lowest BCUT2D eigenvalue weighted by atomic mass is 9.91. The van der Waals surface area contributed by atoms with Crippen LogP contribution in [0.5, 0.6) is 0 Å². The highest BCUT2D eigenvalue weighted by Gasteiger charge is 2.25. The molecule has 2 aromatic carbocycles. The van der Waals surface area contributed by atoms with Gasteiger partial charge in [-0.1, -0.05) is 52.3 Å². The van der Waals surface area contributed by atoms with Crippen LogP contribution in [-0.2, 0) is 0 Å². The lowest BCUT2D eigenvalue weighted by Crippen LogP contribution is -2.07. The van der Waals surface area contributed by atoms with Crippen molar-refractivity contribution >= 4 is 49.1 Å². The standard InChI is InChI=1S/C24H19BrN2O2/c25-16-11-12-18-17(13-16)19-20(23(28)15-9-5-2-6-10-15)21(14-7-3-1-4-8-14)27-22(19)24(29)26-18/h2,5-7,9-13,27H,1,3-4,8H2,(H,26,29). The van der Waals surface area contributed by atoms with Crippen LogP contribution in [0.15, 0.2) is 63.9 Å². The quantitative estimate of drug-likeness (QED) is 0.381. The highest BCUT2D eigenvalue weighted by atomic mass is 79.9. The summed E-state index contributed by atoms with van der Waals surface area (Å²) in [7, 11) is 0. The van der Waals surface area contributed by atoms with Gasteiger partial charge < -0.3 is 9.97 Å². The van der Waals surface area contributed by atoms with E-state index < -0.39 is 0 Å². The van der Waals surface area contributed by atoms with E-state index in [0.29, 0.717) is 22.0 Å². The van der Waals surface area contributed by atoms with Gasteiger partial charge in [-0.05, 0) is 49.5 Å². The van der Waals surface area contributed by atoms with Crippen LogP contribution in [0, 0.1) is 0 Å². The molecule has 2 heterocycles. The number of H-pyrrole nitrogens is 2. The Hall–Kier alpha value is -2.92. The van der Waals surface area contributed by atoms with E-state index in [1.165, 1.54) is 0 Å². The van der Waals surface area contributed by atoms with Crippen LogP contribution >= 0.6 is 15.9 Å². The predicted molar refractivity (Wildman–Crippen MR) is 120 cm³/mol. The zero-order valence-corrected chi connectivity index (χ0v) is 17.3. The summed E-state index contributed by atoms with van der Waals surface area (Å²) in [5.74, 6) is -0.0646. The Morgan fingerprint density at radius 2 is 1.83 bits per heavy atom. The van der Waals surface area contributed by atoms with Gasteiger partial charge in [0.2, 0.25) is 0 Å². The largest absolute Gasteiger partial charge is 0.350 e. The maximum absolute atomic E-state index is 13.7. The van der Waals surface area contributed by atoms with E-state index in [2.05, 4.69) is 32.0 Å². The molecular weight excluding hydrogens is 428 g/mol. The number of hydrogen-bond donors (Lipinski definition) is 2. The molecule has 29 heavy (non-hydrogen) atoms. The molecule has 144 valence electrons. The lowest BCUT2D eigenvalue weighted by Gasteiger charge is -2.13. The van der Waals surface area contributed by atoms with Crippen molar-refractivity contribution in [2.75, 3.05) is 0 Å². The number of fused-ring (bicyclic) bond motifs is 3. The Kier molecular flexibility index (Phi) is 4.47. The summed E-state index contributed by atoms with van der Waals surface area (Å²) in [6, 6.07) is 15.0. The second-order valence-electron chi connectivity index (χ2n) is 7.44. The van der Waals surface area contributed by atoms with Crippen molar-refractivity contribution in [2.45, 2.75) is 25.7 Å². The predicted octanol–water partition coefficient (Wildman–Crippen LogP) is 5.96. The number of pyridine rings is 1. The van der Waals surface area contributed by atoms with E-state index in [0.717, 1.165) is 52.3 Å². The Morgan fingerprint density at radius 3 is 2.59 bits per heavy atom. The van der Waals surface area contributed by atoms with E-state index in [1.807, 2.05) is 48.5 Å². The maximum Gasteiger partial charge on any atom is 0.272 e. The molecule has 1 aliphatic rings. The third-order valence-corrected chi connectivity index (χ3v) is 6.09. The number of allylic oxidation sites excluding steroid dienone is 2. The monoisotopic (exact) mass is 446 g/mol. The van der Waals surface area contributed by atoms with Crippen molar-refractivity contribution in [3.63, 3.8) is 0 Å². The normalized spacial score (nSPS) is 14.3. The van der Waals surface area contributed by atoms with Crippen molar-refractivity contribution in [1.82, 2.24) is 9.97 Å². The van der Waals surface area contributed by atoms with E-state index in [4.69, 9.17) is 0 Å². The molecule has 0 saturated heterocycles. The van der Waals surface area contributed by atoms with Gasteiger partial charge in [-0.2, -0.15) is 0 Å². The molecule has 0 aliphatic heterocycles. The van der Waals surface area contributed by atoms with Crippen molar-refractivity contribution in [1.29, 1.82) is 0 Å². The van der Waals surface area contributed by atoms with Crippen LogP contribution < -0.4 is 5.56 Å². The van der Waals surface area contributed by atoms with Crippen molar-refractivity contribution in [2.24, 2.45) is 0 Å². The van der Waals surface area contributed by atoms with Gasteiger partial charge in [-0.15, -0.1) is 0 Å². The minimum Gasteiger partial charge on any atom is -0.350 e. The second kappa shape index (κ2) is 7.16. The van der Waals surface area contributed by atoms with Gasteiger partial charge in [0, 0.05) is 26.3 Å². The molecule has 5 heteroatoms. The van der Waals surface area contributed by atoms with E-state index in [9.17, 15) is 9.59 Å². The number of aromatic amines is 2. The first kappa shape index (κ1) is 18.1. The van der Waals surface area contributed by atoms with Crippen LogP contribution in [-0.4, -0.2) is 15.8 Å². The SMILES string of the molecule is O=C(c1ccccc1)c1c(C2=CCCCC2)[nH]c2c(=O)[nH]c3ccc(Br)cc3c12. The third-order valence-electron chi connectivity index (χ3n) is 5.60. The Morgan fingerprint density at radius 1 is 1.00 bits per heavy atom. The highest BCUT2D eigenvalue weighted by molar-refractivity contribution is 9.10. The van der Waals surface area contributed by atoms with E-state index >= 15 is 0 Å². The summed E-state index contributed by atoms with van der Waals surface area (Å²) in [5.41, 5.74) is 4.08. The highest BCUT2D eigenvalue weighted by Crippen LogP contribution is 2.36. The number of rotatable bonds is 3. The van der Waals surface area contributed by atoms with Gasteiger partial charge in [0.1, 0.15) is 5.52 Å². The molecule has 1 aliphatic carbocycles. The zero-order valence-electron chi connectivity index (χ0n) is 15.7. The van der Waals surface area contributed by atoms with Gasteiger partial charge in [0.05, 0.1) is 11.3 Å². The molecule has 5 rings (SSSR count). The molecule has 0 unspecified atom stereocenters. The summed E-state index contributed by atoms with van der Waals surface area (Å²) in [5, 5.41) is 1.55. The molecular formula is C24H19BrN2O2. The summed E-state index contributed by atoms with van der Waals surface area (Å²) in [4.78, 5) is 32.8. The summed E-state index contributed by atoms with van der Waals surface area (Å²) < 4.78 is 0.899. The van der Waals surface area contributed by atoms with Crippen LogP contribution in [0.4, 0.5) is 0 Å². The first-order chi connectivity index (χ1) is 14.1. The van der Waals surface area contributed by atoms with Gasteiger partial charge in [0.25, 0.3) is 5.56 Å². The first-order valence-electron chi connectivity index (χ1n) is 9.80. The first-order valence-corrected chi connectivity index (χ1v) is 10.6. The zero-order chi connectivity index (χ0) is 20.0. The fraction of sp³-hybridized carbons (Fsp3) is 0.167. The van der Waals surface area contributed by atoms with Crippen LogP contribution in [0.3, 0.4) is 0 Å². The molecule has 0 amide bonds. The van der Waals surface area contributed by atoms with Crippen LogP contribution in [0.2, 0.25) is 0 Å². The third kappa shape index (κ3) is 3.06. The number of aromatic nitrogens is 2. The van der Waals surface area contributed by atoms with Crippen LogP contribution in [0.1, 0.15) is 47.3 Å². The van der Waals surface area contributed by atoms with E-state index in [1.54, 1.807) is 0 Å². The number of halogens is 1. The second-order valence-corrected chi connectivity index (χ2v) is 8.35. The summed E-state index contributed by atoms with van der Waals surface area (Å²) >= 11 is 3.53. The number of benzene rings is 2. The van der Waals surface area contributed by atoms with Crippen molar-refractivity contribution in [3.8, 4) is 0 Å². The molecule has 0 atom stereocenters. The fourth-order valence-electron chi connectivity index (χ4n) is 4.22. The molecule has 4 aromatic rings. The number of nitrogens with one attached hydrogen (secondary N) is 2. The average molecular weight is 447 g/mol. The van der Waals surface area contributed by atoms with Crippen LogP contribution in [0.25, 0.3) is 27.4 Å². The van der Waals surface area contributed by atoms with Gasteiger partial charge in [0.15, 0.2) is 5.78 Å². The molecule has 0 spiro atoms. The number of hydrogen-bond acceptors (Lipinski definition) is 2. The molecule has 0 radical (unpaired) electrons. The van der Waals surface area contributed by atoms with Gasteiger partial charge >= 0.3 is 0 Å². The lowest BCUT2D eigenvalue weighted by molar-refractivity contribution is 0.104. The van der Waals surface area contributed by atoms with Crippen molar-refractivity contribution in [3.05, 3.63) is 86.3 Å². The molecule has 2 N–H and O–H groups in total.